The minimum absolute atomic E-state index is 0.0893. The van der Waals surface area contributed by atoms with Crippen LogP contribution in [0.3, 0.4) is 0 Å². The van der Waals surface area contributed by atoms with Gasteiger partial charge in [-0.25, -0.2) is 9.97 Å². The van der Waals surface area contributed by atoms with Gasteiger partial charge in [0.05, 0.1) is 12.1 Å². The molecule has 3 heterocycles. The molecule has 0 aliphatic carbocycles. The van der Waals surface area contributed by atoms with Crippen molar-refractivity contribution in [2.45, 2.75) is 26.7 Å². The Kier molecular flexibility index (Phi) is 4.73. The van der Waals surface area contributed by atoms with E-state index in [-0.39, 0.29) is 12.3 Å². The molecule has 4 aromatic rings. The molecule has 1 N–H and O–H groups in total. The van der Waals surface area contributed by atoms with Crippen LogP contribution in [0.2, 0.25) is 0 Å². The molecule has 136 valence electrons. The smallest absolute Gasteiger partial charge is 0.231 e. The number of benzene rings is 1. The van der Waals surface area contributed by atoms with Crippen molar-refractivity contribution in [2.75, 3.05) is 5.32 Å². The Hall–Kier alpha value is -2.99. The molecule has 0 bridgehead atoms. The largest absolute Gasteiger partial charge is 0.310 e. The molecule has 0 saturated carbocycles. The first-order valence-electron chi connectivity index (χ1n) is 8.89. The van der Waals surface area contributed by atoms with Gasteiger partial charge < -0.3 is 5.32 Å². The van der Waals surface area contributed by atoms with Crippen LogP contribution in [0.5, 0.6) is 0 Å². The van der Waals surface area contributed by atoms with Crippen molar-refractivity contribution in [3.05, 3.63) is 71.0 Å². The van der Waals surface area contributed by atoms with Crippen molar-refractivity contribution < 1.29 is 4.79 Å². The lowest BCUT2D eigenvalue weighted by molar-refractivity contribution is -0.115. The highest BCUT2D eigenvalue weighted by atomic mass is 32.1. The Balaban J connectivity index is 1.53. The molecule has 0 saturated heterocycles. The van der Waals surface area contributed by atoms with E-state index in [2.05, 4.69) is 41.5 Å². The van der Waals surface area contributed by atoms with Gasteiger partial charge in [0.25, 0.3) is 0 Å². The Morgan fingerprint density at radius 1 is 1.19 bits per heavy atom. The van der Waals surface area contributed by atoms with Crippen molar-refractivity contribution >= 4 is 28.0 Å². The molecular weight excluding hydrogens is 356 g/mol. The zero-order valence-corrected chi connectivity index (χ0v) is 16.1. The van der Waals surface area contributed by atoms with Crippen molar-refractivity contribution in [1.82, 2.24) is 14.4 Å². The number of carbonyl (C=O) groups is 1. The first-order valence-corrected chi connectivity index (χ1v) is 9.77. The number of pyridine rings is 1. The number of anilines is 1. The molecule has 0 atom stereocenters. The number of carbonyl (C=O) groups excluding carboxylic acids is 1. The van der Waals surface area contributed by atoms with E-state index in [0.717, 1.165) is 33.9 Å². The molecule has 1 aromatic carbocycles. The van der Waals surface area contributed by atoms with Gasteiger partial charge in [-0.2, -0.15) is 0 Å². The van der Waals surface area contributed by atoms with Gasteiger partial charge >= 0.3 is 0 Å². The molecule has 0 spiro atoms. The first-order chi connectivity index (χ1) is 13.1. The lowest BCUT2D eigenvalue weighted by Crippen LogP contribution is -2.16. The summed E-state index contributed by atoms with van der Waals surface area (Å²) in [6.07, 6.45) is 5.04. The molecule has 0 aliphatic rings. The van der Waals surface area contributed by atoms with E-state index in [4.69, 9.17) is 4.98 Å². The zero-order valence-electron chi connectivity index (χ0n) is 15.3. The molecule has 27 heavy (non-hydrogen) atoms. The van der Waals surface area contributed by atoms with Gasteiger partial charge in [-0.05, 0) is 30.5 Å². The molecular formula is C21H20N4OS. The third kappa shape index (κ3) is 3.75. The molecule has 3 aromatic heterocycles. The Morgan fingerprint density at radius 3 is 2.70 bits per heavy atom. The number of nitrogens with one attached hydrogen (secondary N) is 1. The third-order valence-corrected chi connectivity index (χ3v) is 5.35. The Morgan fingerprint density at radius 2 is 2.00 bits per heavy atom. The number of aryl methyl sites for hydroxylation is 2. The zero-order chi connectivity index (χ0) is 18.8. The van der Waals surface area contributed by atoms with Crippen LogP contribution in [0.25, 0.3) is 16.2 Å². The number of hydrogen-bond acceptors (Lipinski definition) is 4. The third-order valence-electron chi connectivity index (χ3n) is 4.46. The van der Waals surface area contributed by atoms with Gasteiger partial charge in [0.2, 0.25) is 5.91 Å². The minimum atomic E-state index is -0.0893. The van der Waals surface area contributed by atoms with E-state index in [9.17, 15) is 4.79 Å². The van der Waals surface area contributed by atoms with Gasteiger partial charge in [-0.15, -0.1) is 11.3 Å². The summed E-state index contributed by atoms with van der Waals surface area (Å²) < 4.78 is 2.00. The fourth-order valence-electron chi connectivity index (χ4n) is 2.90. The van der Waals surface area contributed by atoms with Crippen LogP contribution in [0, 0.1) is 6.92 Å². The molecule has 6 heteroatoms. The van der Waals surface area contributed by atoms with Gasteiger partial charge in [-0.3, -0.25) is 9.20 Å². The van der Waals surface area contributed by atoms with E-state index in [0.29, 0.717) is 5.82 Å². The summed E-state index contributed by atoms with van der Waals surface area (Å²) in [7, 11) is 0. The Labute approximate surface area is 161 Å². The SMILES string of the molecule is CCc1ccc(-c2cn3c(CC(=O)Nc4ccc(C)cn4)csc3n2)cc1. The highest BCUT2D eigenvalue weighted by molar-refractivity contribution is 7.15. The minimum Gasteiger partial charge on any atom is -0.310 e. The number of imidazole rings is 1. The normalized spacial score (nSPS) is 11.0. The molecule has 1 amide bonds. The second-order valence-corrected chi connectivity index (χ2v) is 7.34. The maximum atomic E-state index is 12.4. The summed E-state index contributed by atoms with van der Waals surface area (Å²) in [6, 6.07) is 12.2. The predicted molar refractivity (Wildman–Crippen MR) is 109 cm³/mol. The average Bonchev–Trinajstić information content (AvgIpc) is 3.26. The number of thiazole rings is 1. The second-order valence-electron chi connectivity index (χ2n) is 6.50. The summed E-state index contributed by atoms with van der Waals surface area (Å²) >= 11 is 1.54. The number of hydrogen-bond donors (Lipinski definition) is 1. The topological polar surface area (TPSA) is 59.3 Å². The van der Waals surface area contributed by atoms with E-state index >= 15 is 0 Å². The van der Waals surface area contributed by atoms with Crippen LogP contribution in [-0.4, -0.2) is 20.3 Å². The van der Waals surface area contributed by atoms with E-state index in [1.165, 1.54) is 5.56 Å². The van der Waals surface area contributed by atoms with Crippen LogP contribution in [0.15, 0.2) is 54.2 Å². The maximum absolute atomic E-state index is 12.4. The van der Waals surface area contributed by atoms with Gasteiger partial charge in [0, 0.05) is 29.0 Å². The van der Waals surface area contributed by atoms with Gasteiger partial charge in [0.1, 0.15) is 5.82 Å². The van der Waals surface area contributed by atoms with Crippen molar-refractivity contribution in [3.8, 4) is 11.3 Å². The lowest BCUT2D eigenvalue weighted by atomic mass is 10.1. The molecule has 0 fully saturated rings. The van der Waals surface area contributed by atoms with E-state index in [1.54, 1.807) is 17.5 Å². The summed E-state index contributed by atoms with van der Waals surface area (Å²) in [4.78, 5) is 22.2. The van der Waals surface area contributed by atoms with Gasteiger partial charge in [-0.1, -0.05) is 37.3 Å². The van der Waals surface area contributed by atoms with Gasteiger partial charge in [0.15, 0.2) is 4.96 Å². The van der Waals surface area contributed by atoms with Crippen molar-refractivity contribution in [2.24, 2.45) is 0 Å². The van der Waals surface area contributed by atoms with Crippen LogP contribution < -0.4 is 5.32 Å². The summed E-state index contributed by atoms with van der Waals surface area (Å²) in [5.74, 6) is 0.480. The van der Waals surface area contributed by atoms with E-state index < -0.39 is 0 Å². The molecule has 0 aliphatic heterocycles. The van der Waals surface area contributed by atoms with Crippen LogP contribution in [0.1, 0.15) is 23.7 Å². The highest BCUT2D eigenvalue weighted by Crippen LogP contribution is 2.24. The lowest BCUT2D eigenvalue weighted by Gasteiger charge is -2.04. The molecule has 0 radical (unpaired) electrons. The highest BCUT2D eigenvalue weighted by Gasteiger charge is 2.13. The average molecular weight is 376 g/mol. The van der Waals surface area contributed by atoms with E-state index in [1.807, 2.05) is 35.0 Å². The quantitative estimate of drug-likeness (QED) is 0.557. The van der Waals surface area contributed by atoms with Crippen LogP contribution in [0.4, 0.5) is 5.82 Å². The first kappa shape index (κ1) is 17.4. The summed E-state index contributed by atoms with van der Waals surface area (Å²) in [5, 5.41) is 4.82. The van der Waals surface area contributed by atoms with Crippen LogP contribution >= 0.6 is 11.3 Å². The maximum Gasteiger partial charge on any atom is 0.231 e. The standard InChI is InChI=1S/C21H20N4OS/c1-3-15-5-7-16(8-6-15)18-12-25-17(13-27-21(25)23-18)10-20(26)24-19-9-4-14(2)11-22-19/h4-9,11-13H,3,10H2,1-2H3,(H,22,24,26). The van der Waals surface area contributed by atoms with Crippen molar-refractivity contribution in [1.29, 1.82) is 0 Å². The molecule has 4 rings (SSSR count). The Bertz CT molecular complexity index is 1080. The van der Waals surface area contributed by atoms with Crippen LogP contribution in [-0.2, 0) is 17.6 Å². The summed E-state index contributed by atoms with van der Waals surface area (Å²) in [6.45, 7) is 4.11. The fraction of sp³-hybridized carbons (Fsp3) is 0.190. The second kappa shape index (κ2) is 7.32. The number of nitrogens with zero attached hydrogens (tertiary/aromatic N) is 3. The number of amides is 1. The number of rotatable bonds is 5. The number of fused-ring (bicyclic) bond motifs is 1. The summed E-state index contributed by atoms with van der Waals surface area (Å²) in [5.41, 5.74) is 5.30. The monoisotopic (exact) mass is 376 g/mol. The fourth-order valence-corrected chi connectivity index (χ4v) is 3.77. The number of aromatic nitrogens is 3. The predicted octanol–water partition coefficient (Wildman–Crippen LogP) is 4.51. The molecule has 5 nitrogen and oxygen atoms in total. The van der Waals surface area contributed by atoms with Crippen molar-refractivity contribution in [3.63, 3.8) is 0 Å². The molecule has 0 unspecified atom stereocenters.